The third-order valence-electron chi connectivity index (χ3n) is 5.81. The van der Waals surface area contributed by atoms with Gasteiger partial charge in [-0.1, -0.05) is 30.2 Å². The van der Waals surface area contributed by atoms with Crippen LogP contribution in [0.1, 0.15) is 42.1 Å². The van der Waals surface area contributed by atoms with E-state index >= 15 is 0 Å². The van der Waals surface area contributed by atoms with Gasteiger partial charge in [-0.3, -0.25) is 4.68 Å². The van der Waals surface area contributed by atoms with Crippen LogP contribution in [0.5, 0.6) is 0 Å². The minimum absolute atomic E-state index is 0.0595. The molecule has 4 rings (SSSR count). The Morgan fingerprint density at radius 2 is 2.07 bits per heavy atom. The number of benzene rings is 1. The first kappa shape index (κ1) is 18.9. The van der Waals surface area contributed by atoms with Crippen LogP contribution in [0, 0.1) is 0 Å². The maximum atomic E-state index is 11.3. The lowest BCUT2D eigenvalue weighted by Gasteiger charge is -2.49. The topological polar surface area (TPSA) is 76.0 Å². The van der Waals surface area contributed by atoms with Gasteiger partial charge in [-0.15, -0.1) is 0 Å². The van der Waals surface area contributed by atoms with Gasteiger partial charge in [0.1, 0.15) is 0 Å². The number of sulfonamides is 1. The Balaban J connectivity index is 1.60. The third kappa shape index (κ3) is 3.78. The lowest BCUT2D eigenvalue weighted by atomic mass is 9.58. The number of hydrogen-bond donors (Lipinski definition) is 2. The zero-order valence-corrected chi connectivity index (χ0v) is 17.0. The third-order valence-corrected chi connectivity index (χ3v) is 6.79. The second-order valence-electron chi connectivity index (χ2n) is 7.62. The fourth-order valence-electron chi connectivity index (χ4n) is 4.36. The van der Waals surface area contributed by atoms with Gasteiger partial charge in [0.25, 0.3) is 0 Å². The van der Waals surface area contributed by atoms with Crippen LogP contribution in [0.2, 0.25) is 5.02 Å². The maximum absolute atomic E-state index is 11.3. The Hall–Kier alpha value is -1.41. The van der Waals surface area contributed by atoms with E-state index in [0.29, 0.717) is 13.1 Å². The molecule has 2 N–H and O–H groups in total. The van der Waals surface area contributed by atoms with Gasteiger partial charge < -0.3 is 5.32 Å². The lowest BCUT2D eigenvalue weighted by Crippen LogP contribution is -2.49. The van der Waals surface area contributed by atoms with Crippen molar-refractivity contribution in [3.8, 4) is 0 Å². The van der Waals surface area contributed by atoms with Crippen molar-refractivity contribution >= 4 is 21.6 Å². The van der Waals surface area contributed by atoms with Gasteiger partial charge in [-0.05, 0) is 49.1 Å². The number of rotatable bonds is 6. The average molecular weight is 409 g/mol. The minimum atomic E-state index is -3.18. The monoisotopic (exact) mass is 408 g/mol. The SMILES string of the molecule is CS(=O)(=O)NCCn1cc2c(n1)C(C1(c3ccc(Cl)cc3)CCC1)NCC2. The fourth-order valence-corrected chi connectivity index (χ4v) is 4.95. The Labute approximate surface area is 165 Å². The molecule has 27 heavy (non-hydrogen) atoms. The van der Waals surface area contributed by atoms with Crippen molar-refractivity contribution in [2.24, 2.45) is 0 Å². The van der Waals surface area contributed by atoms with Crippen molar-refractivity contribution in [3.63, 3.8) is 0 Å². The molecule has 0 amide bonds. The highest BCUT2D eigenvalue weighted by atomic mass is 35.5. The molecule has 1 aliphatic carbocycles. The predicted octanol–water partition coefficient (Wildman–Crippen LogP) is 2.39. The van der Waals surface area contributed by atoms with E-state index in [1.807, 2.05) is 16.8 Å². The summed E-state index contributed by atoms with van der Waals surface area (Å²) in [6.07, 6.45) is 7.68. The quantitative estimate of drug-likeness (QED) is 0.769. The predicted molar refractivity (Wildman–Crippen MR) is 107 cm³/mol. The fraction of sp³-hybridized carbons (Fsp3) is 0.526. The molecule has 2 aromatic rings. The highest BCUT2D eigenvalue weighted by Gasteiger charge is 2.48. The van der Waals surface area contributed by atoms with Crippen LogP contribution in [0.25, 0.3) is 0 Å². The van der Waals surface area contributed by atoms with Crippen LogP contribution in [-0.2, 0) is 28.4 Å². The van der Waals surface area contributed by atoms with E-state index in [1.165, 1.54) is 23.8 Å². The van der Waals surface area contributed by atoms with Crippen LogP contribution >= 0.6 is 11.6 Å². The number of hydrogen-bond acceptors (Lipinski definition) is 4. The minimum Gasteiger partial charge on any atom is -0.307 e. The second kappa shape index (κ2) is 7.20. The molecule has 2 heterocycles. The number of aromatic nitrogens is 2. The summed E-state index contributed by atoms with van der Waals surface area (Å²) in [5, 5.41) is 9.30. The summed E-state index contributed by atoms with van der Waals surface area (Å²) >= 11 is 6.09. The highest BCUT2D eigenvalue weighted by Crippen LogP contribution is 2.53. The van der Waals surface area contributed by atoms with E-state index in [2.05, 4.69) is 28.4 Å². The number of nitrogens with one attached hydrogen (secondary N) is 2. The molecule has 2 aliphatic rings. The summed E-state index contributed by atoms with van der Waals surface area (Å²) in [5.41, 5.74) is 3.75. The van der Waals surface area contributed by atoms with Crippen molar-refractivity contribution in [1.29, 1.82) is 0 Å². The Morgan fingerprint density at radius 3 is 2.70 bits per heavy atom. The van der Waals surface area contributed by atoms with Gasteiger partial charge >= 0.3 is 0 Å². The zero-order valence-electron chi connectivity index (χ0n) is 15.4. The van der Waals surface area contributed by atoms with Crippen molar-refractivity contribution in [3.05, 3.63) is 52.3 Å². The Morgan fingerprint density at radius 1 is 1.33 bits per heavy atom. The smallest absolute Gasteiger partial charge is 0.208 e. The van der Waals surface area contributed by atoms with Crippen LogP contribution in [-0.4, -0.2) is 37.5 Å². The molecule has 1 fully saturated rings. The summed E-state index contributed by atoms with van der Waals surface area (Å²) < 4.78 is 26.9. The van der Waals surface area contributed by atoms with E-state index in [4.69, 9.17) is 16.7 Å². The molecule has 1 aliphatic heterocycles. The average Bonchev–Trinajstić information content (AvgIpc) is 2.98. The number of halogens is 1. The summed E-state index contributed by atoms with van der Waals surface area (Å²) in [6, 6.07) is 8.40. The molecule has 1 aromatic carbocycles. The van der Waals surface area contributed by atoms with Crippen molar-refractivity contribution in [2.45, 2.75) is 43.7 Å². The number of fused-ring (bicyclic) bond motifs is 1. The summed E-state index contributed by atoms with van der Waals surface area (Å²) in [5.74, 6) is 0. The van der Waals surface area contributed by atoms with Gasteiger partial charge in [-0.2, -0.15) is 5.10 Å². The van der Waals surface area contributed by atoms with Gasteiger partial charge in [0.15, 0.2) is 0 Å². The van der Waals surface area contributed by atoms with Crippen LogP contribution in [0.3, 0.4) is 0 Å². The molecular weight excluding hydrogens is 384 g/mol. The zero-order chi connectivity index (χ0) is 19.1. The van der Waals surface area contributed by atoms with Crippen LogP contribution in [0.15, 0.2) is 30.5 Å². The van der Waals surface area contributed by atoms with Crippen molar-refractivity contribution in [1.82, 2.24) is 19.8 Å². The van der Waals surface area contributed by atoms with Crippen molar-refractivity contribution in [2.75, 3.05) is 19.3 Å². The lowest BCUT2D eigenvalue weighted by molar-refractivity contribution is 0.161. The molecular formula is C19H25ClN4O2S. The molecule has 146 valence electrons. The second-order valence-corrected chi connectivity index (χ2v) is 9.89. The standard InChI is InChI=1S/C19H25ClN4O2S/c1-27(25,26)22-11-12-24-13-14-7-10-21-18(17(14)23-24)19(8-2-9-19)15-3-5-16(20)6-4-15/h3-6,13,18,21-22H,2,7-12H2,1H3. The van der Waals surface area contributed by atoms with Gasteiger partial charge in [-0.25, -0.2) is 13.1 Å². The molecule has 1 aromatic heterocycles. The first-order valence-corrected chi connectivity index (χ1v) is 11.6. The molecule has 1 saturated carbocycles. The normalized spacial score (nSPS) is 21.5. The van der Waals surface area contributed by atoms with E-state index in [9.17, 15) is 8.42 Å². The summed E-state index contributed by atoms with van der Waals surface area (Å²) in [7, 11) is -3.18. The molecule has 6 nitrogen and oxygen atoms in total. The van der Waals surface area contributed by atoms with Crippen LogP contribution in [0.4, 0.5) is 0 Å². The van der Waals surface area contributed by atoms with Crippen LogP contribution < -0.4 is 10.0 Å². The molecule has 1 unspecified atom stereocenters. The molecule has 0 spiro atoms. The van der Waals surface area contributed by atoms with E-state index in [1.54, 1.807) is 0 Å². The maximum Gasteiger partial charge on any atom is 0.208 e. The van der Waals surface area contributed by atoms with Gasteiger partial charge in [0.05, 0.1) is 24.5 Å². The summed E-state index contributed by atoms with van der Waals surface area (Å²) in [4.78, 5) is 0. The molecule has 1 atom stereocenters. The first-order chi connectivity index (χ1) is 12.9. The Bertz CT molecular complexity index is 920. The molecule has 8 heteroatoms. The Kier molecular flexibility index (Phi) is 5.05. The van der Waals surface area contributed by atoms with Crippen molar-refractivity contribution < 1.29 is 8.42 Å². The van der Waals surface area contributed by atoms with E-state index in [0.717, 1.165) is 36.5 Å². The van der Waals surface area contributed by atoms with Gasteiger partial charge in [0.2, 0.25) is 10.0 Å². The highest BCUT2D eigenvalue weighted by molar-refractivity contribution is 7.88. The molecule has 0 saturated heterocycles. The number of nitrogens with zero attached hydrogens (tertiary/aromatic N) is 2. The largest absolute Gasteiger partial charge is 0.307 e. The summed E-state index contributed by atoms with van der Waals surface area (Å²) in [6.45, 7) is 1.81. The molecule has 0 radical (unpaired) electrons. The molecule has 0 bridgehead atoms. The van der Waals surface area contributed by atoms with E-state index < -0.39 is 10.0 Å². The van der Waals surface area contributed by atoms with E-state index in [-0.39, 0.29) is 11.5 Å². The van der Waals surface area contributed by atoms with Gasteiger partial charge in [0, 0.05) is 23.2 Å². The first-order valence-electron chi connectivity index (χ1n) is 9.38.